The van der Waals surface area contributed by atoms with Crippen molar-refractivity contribution in [2.45, 2.75) is 36.9 Å². The number of methoxy groups -OCH3 is 1. The second-order valence-corrected chi connectivity index (χ2v) is 5.37. The van der Waals surface area contributed by atoms with Crippen LogP contribution >= 0.6 is 0 Å². The van der Waals surface area contributed by atoms with Crippen molar-refractivity contribution in [2.75, 3.05) is 20.3 Å². The molecule has 0 aromatic rings. The Balaban J connectivity index is 2.05. The van der Waals surface area contributed by atoms with Crippen LogP contribution in [0.2, 0.25) is 0 Å². The summed E-state index contributed by atoms with van der Waals surface area (Å²) in [5, 5.41) is 30.9. The van der Waals surface area contributed by atoms with E-state index in [-0.39, 0.29) is 6.42 Å². The van der Waals surface area contributed by atoms with Crippen LogP contribution < -0.4 is 5.32 Å². The highest BCUT2D eigenvalue weighted by molar-refractivity contribution is 6.01. The van der Waals surface area contributed by atoms with Gasteiger partial charge >= 0.3 is 5.97 Å². The summed E-state index contributed by atoms with van der Waals surface area (Å²) in [7, 11) is 1.16. The molecular formula is C13H19NO9. The van der Waals surface area contributed by atoms with Crippen molar-refractivity contribution in [3.63, 3.8) is 0 Å². The third-order valence-corrected chi connectivity index (χ3v) is 3.95. The standard InChI is InChI=1S/C13H19NO9/c1-21-8(16)4-22-6-2-5(12(19)14-13(6)20)11-10(18)9(17)7(3-15)23-11/h5-7,9-11,15,17-18H,2-4H2,1H3,(H,14,19,20)/t5?,6?,7-,9+,10?,11+/m1/s1. The number of imide groups is 1. The Morgan fingerprint density at radius 3 is 2.57 bits per heavy atom. The highest BCUT2D eigenvalue weighted by Gasteiger charge is 2.50. The quantitative estimate of drug-likeness (QED) is 0.299. The molecule has 2 rings (SSSR count). The fraction of sp³-hybridized carbons (Fsp3) is 0.769. The van der Waals surface area contributed by atoms with E-state index in [0.717, 1.165) is 7.11 Å². The Kier molecular flexibility index (Phi) is 5.65. The number of nitrogens with one attached hydrogen (secondary N) is 1. The van der Waals surface area contributed by atoms with Crippen LogP contribution in [0.4, 0.5) is 0 Å². The number of esters is 1. The zero-order valence-corrected chi connectivity index (χ0v) is 12.4. The molecule has 0 saturated carbocycles. The average molecular weight is 333 g/mol. The van der Waals surface area contributed by atoms with Crippen LogP contribution in [0.3, 0.4) is 0 Å². The maximum absolute atomic E-state index is 12.0. The van der Waals surface area contributed by atoms with Crippen LogP contribution in [0, 0.1) is 5.92 Å². The Morgan fingerprint density at radius 2 is 2.00 bits per heavy atom. The van der Waals surface area contributed by atoms with E-state index in [1.807, 2.05) is 0 Å². The molecule has 2 heterocycles. The van der Waals surface area contributed by atoms with Crippen molar-refractivity contribution in [3.05, 3.63) is 0 Å². The molecule has 0 spiro atoms. The number of hydrogen-bond donors (Lipinski definition) is 4. The molecule has 0 radical (unpaired) electrons. The van der Waals surface area contributed by atoms with Crippen LogP contribution in [0.1, 0.15) is 6.42 Å². The number of ether oxygens (including phenoxy) is 3. The van der Waals surface area contributed by atoms with E-state index in [1.54, 1.807) is 0 Å². The second-order valence-electron chi connectivity index (χ2n) is 5.37. The third kappa shape index (κ3) is 3.67. The lowest BCUT2D eigenvalue weighted by Gasteiger charge is -2.31. The average Bonchev–Trinajstić information content (AvgIpc) is 2.81. The van der Waals surface area contributed by atoms with E-state index >= 15 is 0 Å². The topological polar surface area (TPSA) is 152 Å². The van der Waals surface area contributed by atoms with Gasteiger partial charge in [-0.25, -0.2) is 4.79 Å². The predicted molar refractivity (Wildman–Crippen MR) is 70.8 cm³/mol. The molecule has 6 atom stereocenters. The van der Waals surface area contributed by atoms with Crippen molar-refractivity contribution in [2.24, 2.45) is 5.92 Å². The largest absolute Gasteiger partial charge is 0.467 e. The molecule has 10 nitrogen and oxygen atoms in total. The van der Waals surface area contributed by atoms with Gasteiger partial charge in [0.05, 0.1) is 25.7 Å². The first-order valence-corrected chi connectivity index (χ1v) is 7.04. The highest BCUT2D eigenvalue weighted by Crippen LogP contribution is 2.31. The maximum atomic E-state index is 12.0. The summed E-state index contributed by atoms with van der Waals surface area (Å²) in [4.78, 5) is 34.8. The zero-order chi connectivity index (χ0) is 17.1. The minimum absolute atomic E-state index is 0.131. The summed E-state index contributed by atoms with van der Waals surface area (Å²) >= 11 is 0. The number of carbonyl (C=O) groups is 3. The molecule has 0 aromatic carbocycles. The van der Waals surface area contributed by atoms with Gasteiger partial charge in [0, 0.05) is 0 Å². The number of aliphatic hydroxyl groups is 3. The molecule has 2 aliphatic rings. The van der Waals surface area contributed by atoms with Crippen LogP contribution in [0.25, 0.3) is 0 Å². The van der Waals surface area contributed by atoms with Crippen LogP contribution in [-0.2, 0) is 28.6 Å². The van der Waals surface area contributed by atoms with E-state index < -0.39 is 67.4 Å². The lowest BCUT2D eigenvalue weighted by molar-refractivity contribution is -0.159. The van der Waals surface area contributed by atoms with E-state index in [4.69, 9.17) is 14.6 Å². The summed E-state index contributed by atoms with van der Waals surface area (Å²) in [6, 6.07) is 0. The first kappa shape index (κ1) is 17.8. The molecular weight excluding hydrogens is 314 g/mol. The molecule has 2 amide bonds. The molecule has 2 aliphatic heterocycles. The van der Waals surface area contributed by atoms with Gasteiger partial charge in [0.15, 0.2) is 0 Å². The van der Waals surface area contributed by atoms with Gasteiger partial charge < -0.3 is 29.5 Å². The summed E-state index contributed by atoms with van der Waals surface area (Å²) < 4.78 is 14.8. The zero-order valence-electron chi connectivity index (χ0n) is 12.4. The summed E-state index contributed by atoms with van der Waals surface area (Å²) in [6.07, 6.45) is -6.08. The number of hydrogen-bond acceptors (Lipinski definition) is 9. The van der Waals surface area contributed by atoms with Gasteiger partial charge in [-0.2, -0.15) is 0 Å². The van der Waals surface area contributed by atoms with Gasteiger partial charge in [0.25, 0.3) is 5.91 Å². The molecule has 23 heavy (non-hydrogen) atoms. The van der Waals surface area contributed by atoms with Crippen LogP contribution in [0.15, 0.2) is 0 Å². The summed E-state index contributed by atoms with van der Waals surface area (Å²) in [6.45, 7) is -0.990. The van der Waals surface area contributed by atoms with Gasteiger partial charge in [-0.1, -0.05) is 0 Å². The van der Waals surface area contributed by atoms with Crippen LogP contribution in [-0.4, -0.2) is 83.9 Å². The number of carbonyl (C=O) groups excluding carboxylic acids is 3. The van der Waals surface area contributed by atoms with E-state index in [2.05, 4.69) is 10.1 Å². The lowest BCUT2D eigenvalue weighted by Crippen LogP contribution is -2.55. The van der Waals surface area contributed by atoms with Crippen molar-refractivity contribution in [3.8, 4) is 0 Å². The van der Waals surface area contributed by atoms with E-state index in [0.29, 0.717) is 0 Å². The fourth-order valence-electron chi connectivity index (χ4n) is 2.65. The molecule has 0 bridgehead atoms. The molecule has 2 fully saturated rings. The first-order valence-electron chi connectivity index (χ1n) is 7.04. The molecule has 130 valence electrons. The number of amides is 2. The molecule has 3 unspecified atom stereocenters. The molecule has 0 aromatic heterocycles. The van der Waals surface area contributed by atoms with Crippen LogP contribution in [0.5, 0.6) is 0 Å². The van der Waals surface area contributed by atoms with E-state index in [9.17, 15) is 24.6 Å². The number of piperidine rings is 1. The number of aliphatic hydroxyl groups excluding tert-OH is 3. The van der Waals surface area contributed by atoms with Crippen molar-refractivity contribution >= 4 is 17.8 Å². The Morgan fingerprint density at radius 1 is 1.30 bits per heavy atom. The SMILES string of the molecule is COC(=O)COC1CC([C@@H]2O[C@H](CO)[C@H](O)C2O)C(=O)NC1=O. The van der Waals surface area contributed by atoms with Crippen molar-refractivity contribution in [1.82, 2.24) is 5.32 Å². The summed E-state index contributed by atoms with van der Waals surface area (Å²) in [5.41, 5.74) is 0. The highest BCUT2D eigenvalue weighted by atomic mass is 16.6. The normalized spacial score (nSPS) is 37.6. The minimum Gasteiger partial charge on any atom is -0.467 e. The molecule has 0 aliphatic carbocycles. The lowest BCUT2D eigenvalue weighted by atomic mass is 9.87. The summed E-state index contributed by atoms with van der Waals surface area (Å²) in [5.74, 6) is -3.04. The van der Waals surface area contributed by atoms with Crippen molar-refractivity contribution in [1.29, 1.82) is 0 Å². The Labute approximate surface area is 131 Å². The van der Waals surface area contributed by atoms with Gasteiger partial charge in [-0.3, -0.25) is 14.9 Å². The van der Waals surface area contributed by atoms with Gasteiger partial charge in [0.2, 0.25) is 5.91 Å². The van der Waals surface area contributed by atoms with E-state index in [1.165, 1.54) is 0 Å². The van der Waals surface area contributed by atoms with Crippen molar-refractivity contribution < 1.29 is 43.9 Å². The Hall–Kier alpha value is -1.59. The molecule has 2 saturated heterocycles. The third-order valence-electron chi connectivity index (χ3n) is 3.95. The number of rotatable bonds is 5. The predicted octanol–water partition coefficient (Wildman–Crippen LogP) is -3.31. The smallest absolute Gasteiger partial charge is 0.331 e. The Bertz CT molecular complexity index is 482. The molecule has 10 heteroatoms. The first-order chi connectivity index (χ1) is 10.9. The van der Waals surface area contributed by atoms with Gasteiger partial charge in [-0.15, -0.1) is 0 Å². The fourth-order valence-corrected chi connectivity index (χ4v) is 2.65. The second kappa shape index (κ2) is 7.32. The molecule has 4 N–H and O–H groups in total. The minimum atomic E-state index is -1.39. The van der Waals surface area contributed by atoms with Gasteiger partial charge in [0.1, 0.15) is 31.0 Å². The maximum Gasteiger partial charge on any atom is 0.331 e. The monoisotopic (exact) mass is 333 g/mol. The van der Waals surface area contributed by atoms with Gasteiger partial charge in [-0.05, 0) is 6.42 Å².